The van der Waals surface area contributed by atoms with Crippen LogP contribution in [0.25, 0.3) is 39.0 Å². The molecule has 0 aliphatic heterocycles. The molecule has 5 heterocycles. The van der Waals surface area contributed by atoms with Gasteiger partial charge in [-0.1, -0.05) is 19.9 Å². The summed E-state index contributed by atoms with van der Waals surface area (Å²) in [7, 11) is 0. The molecule has 0 saturated heterocycles. The minimum absolute atomic E-state index is 0.600. The Morgan fingerprint density at radius 3 is 1.32 bits per heavy atom. The minimum atomic E-state index is 0.600. The summed E-state index contributed by atoms with van der Waals surface area (Å²) in [6.45, 7) is 4.52. The topological polar surface area (TPSA) is 0 Å². The summed E-state index contributed by atoms with van der Waals surface area (Å²) in [5.41, 5.74) is 0. The van der Waals surface area contributed by atoms with Crippen molar-refractivity contribution in [1.29, 1.82) is 0 Å². The van der Waals surface area contributed by atoms with Gasteiger partial charge in [0.2, 0.25) is 0 Å². The van der Waals surface area contributed by atoms with Gasteiger partial charge in [-0.3, -0.25) is 0 Å². The third-order valence-electron chi connectivity index (χ3n) is 4.51. The second-order valence-corrected chi connectivity index (χ2v) is 12.1. The van der Waals surface area contributed by atoms with Crippen LogP contribution in [0.2, 0.25) is 0 Å². The second kappa shape index (κ2) is 7.73. The Morgan fingerprint density at radius 1 is 0.500 bits per heavy atom. The van der Waals surface area contributed by atoms with Crippen molar-refractivity contribution in [1.82, 2.24) is 0 Å². The maximum atomic E-state index is 2.27. The van der Waals surface area contributed by atoms with Crippen molar-refractivity contribution < 1.29 is 0 Å². The maximum absolute atomic E-state index is 2.27. The second-order valence-electron chi connectivity index (χ2n) is 6.83. The van der Waals surface area contributed by atoms with E-state index in [1.54, 1.807) is 0 Å². The molecule has 5 heteroatoms. The molecule has 0 unspecified atom stereocenters. The number of hydrogen-bond donors (Lipinski definition) is 0. The minimum Gasteiger partial charge on any atom is -0.143 e. The van der Waals surface area contributed by atoms with Crippen LogP contribution >= 0.6 is 56.7 Å². The van der Waals surface area contributed by atoms with E-state index in [1.165, 1.54) is 43.9 Å². The van der Waals surface area contributed by atoms with Gasteiger partial charge in [-0.25, -0.2) is 0 Å². The lowest BCUT2D eigenvalue weighted by Gasteiger charge is -1.97. The molecule has 5 aromatic heterocycles. The van der Waals surface area contributed by atoms with E-state index in [2.05, 4.69) is 79.9 Å². The third-order valence-corrected chi connectivity index (χ3v) is 10.8. The van der Waals surface area contributed by atoms with E-state index >= 15 is 0 Å². The van der Waals surface area contributed by atoms with Gasteiger partial charge in [-0.2, -0.15) is 0 Å². The van der Waals surface area contributed by atoms with Crippen LogP contribution in [0.3, 0.4) is 0 Å². The molecule has 28 heavy (non-hydrogen) atoms. The van der Waals surface area contributed by atoms with E-state index in [9.17, 15) is 0 Å². The first-order valence-corrected chi connectivity index (χ1v) is 13.3. The molecule has 0 saturated carbocycles. The Bertz CT molecular complexity index is 1190. The zero-order chi connectivity index (χ0) is 19.1. The van der Waals surface area contributed by atoms with Gasteiger partial charge in [-0.15, -0.1) is 56.7 Å². The van der Waals surface area contributed by atoms with Crippen LogP contribution < -0.4 is 0 Å². The zero-order valence-electron chi connectivity index (χ0n) is 15.5. The van der Waals surface area contributed by atoms with Gasteiger partial charge in [-0.05, 0) is 65.9 Å². The molecule has 0 aliphatic rings. The summed E-state index contributed by atoms with van der Waals surface area (Å²) in [5.74, 6) is 0.600. The average Bonchev–Trinajstić information content (AvgIpc) is 3.52. The monoisotopic (exact) mass is 454 g/mol. The van der Waals surface area contributed by atoms with E-state index in [-0.39, 0.29) is 0 Å². The molecule has 0 atom stereocenters. The predicted molar refractivity (Wildman–Crippen MR) is 132 cm³/mol. The molecular weight excluding hydrogens is 437 g/mol. The van der Waals surface area contributed by atoms with Crippen molar-refractivity contribution in [3.8, 4) is 39.0 Å². The van der Waals surface area contributed by atoms with Gasteiger partial charge in [0.25, 0.3) is 0 Å². The van der Waals surface area contributed by atoms with Crippen LogP contribution in [0.1, 0.15) is 24.6 Å². The predicted octanol–water partition coefficient (Wildman–Crippen LogP) is 9.79. The van der Waals surface area contributed by atoms with Gasteiger partial charge >= 0.3 is 0 Å². The lowest BCUT2D eigenvalue weighted by atomic mass is 10.2. The van der Waals surface area contributed by atoms with E-state index in [0.29, 0.717) is 5.92 Å². The lowest BCUT2D eigenvalue weighted by Crippen LogP contribution is -1.77. The fourth-order valence-electron chi connectivity index (χ4n) is 3.02. The highest BCUT2D eigenvalue weighted by molar-refractivity contribution is 7.29. The Hall–Kier alpha value is -1.50. The quantitative estimate of drug-likeness (QED) is 0.248. The fraction of sp³-hybridized carbons (Fsp3) is 0.130. The molecular formula is C23H18S5. The molecule has 0 amide bonds. The highest BCUT2D eigenvalue weighted by Crippen LogP contribution is 2.44. The van der Waals surface area contributed by atoms with Crippen LogP contribution in [-0.4, -0.2) is 0 Å². The van der Waals surface area contributed by atoms with Crippen molar-refractivity contribution >= 4 is 56.7 Å². The van der Waals surface area contributed by atoms with Crippen LogP contribution in [0.4, 0.5) is 0 Å². The first-order chi connectivity index (χ1) is 13.7. The summed E-state index contributed by atoms with van der Waals surface area (Å²) >= 11 is 9.41. The van der Waals surface area contributed by atoms with Crippen LogP contribution in [0.5, 0.6) is 0 Å². The van der Waals surface area contributed by atoms with Gasteiger partial charge in [0.05, 0.1) is 0 Å². The Morgan fingerprint density at radius 2 is 0.929 bits per heavy atom. The Labute approximate surface area is 185 Å². The molecule has 0 nitrogen and oxygen atoms in total. The highest BCUT2D eigenvalue weighted by Gasteiger charge is 2.12. The SMILES string of the molecule is CC(C)c1ccc(-c2ccc(-c3ccc(-c4ccc(-c5cccs5)s4)s3)s2)s1. The number of thiophene rings is 5. The first kappa shape index (κ1) is 18.5. The van der Waals surface area contributed by atoms with Crippen molar-refractivity contribution in [2.24, 2.45) is 0 Å². The first-order valence-electron chi connectivity index (χ1n) is 9.11. The molecule has 0 radical (unpaired) electrons. The van der Waals surface area contributed by atoms with Gasteiger partial charge in [0.15, 0.2) is 0 Å². The molecule has 0 aliphatic carbocycles. The average molecular weight is 455 g/mol. The fourth-order valence-corrected chi connectivity index (χ4v) is 8.16. The van der Waals surface area contributed by atoms with Crippen LogP contribution in [-0.2, 0) is 0 Å². The summed E-state index contributed by atoms with van der Waals surface area (Å²) in [5, 5.41) is 2.14. The molecule has 5 rings (SSSR count). The van der Waals surface area contributed by atoms with E-state index in [0.717, 1.165) is 0 Å². The lowest BCUT2D eigenvalue weighted by molar-refractivity contribution is 0.890. The summed E-state index contributed by atoms with van der Waals surface area (Å²) < 4.78 is 0. The number of rotatable bonds is 5. The number of hydrogen-bond acceptors (Lipinski definition) is 5. The molecule has 5 aromatic rings. The Kier molecular flexibility index (Phi) is 5.11. The van der Waals surface area contributed by atoms with E-state index in [1.807, 2.05) is 56.7 Å². The molecule has 140 valence electrons. The zero-order valence-corrected chi connectivity index (χ0v) is 19.6. The molecule has 0 spiro atoms. The van der Waals surface area contributed by atoms with Crippen LogP contribution in [0, 0.1) is 0 Å². The van der Waals surface area contributed by atoms with Gasteiger partial charge in [0.1, 0.15) is 0 Å². The molecule has 0 N–H and O–H groups in total. The molecule has 0 bridgehead atoms. The maximum Gasteiger partial charge on any atom is 0.0449 e. The van der Waals surface area contributed by atoms with Crippen molar-refractivity contribution in [2.45, 2.75) is 19.8 Å². The van der Waals surface area contributed by atoms with Crippen molar-refractivity contribution in [3.63, 3.8) is 0 Å². The summed E-state index contributed by atoms with van der Waals surface area (Å²) in [4.78, 5) is 12.4. The Balaban J connectivity index is 1.40. The van der Waals surface area contributed by atoms with Crippen molar-refractivity contribution in [2.75, 3.05) is 0 Å². The summed E-state index contributed by atoms with van der Waals surface area (Å²) in [6.07, 6.45) is 0. The smallest absolute Gasteiger partial charge is 0.0449 e. The van der Waals surface area contributed by atoms with E-state index < -0.39 is 0 Å². The normalized spacial score (nSPS) is 11.5. The van der Waals surface area contributed by atoms with E-state index in [4.69, 9.17) is 0 Å². The summed E-state index contributed by atoms with van der Waals surface area (Å²) in [6, 6.07) is 22.5. The largest absolute Gasteiger partial charge is 0.143 e. The highest BCUT2D eigenvalue weighted by atomic mass is 32.1. The van der Waals surface area contributed by atoms with Crippen LogP contribution in [0.15, 0.2) is 66.0 Å². The standard InChI is InChI=1S/C23H18S5/c1-14(2)15-5-6-18(25-15)19-9-10-22(27-19)23-12-11-21(28-23)20-8-7-17(26-20)16-4-3-13-24-16/h3-14H,1-2H3. The van der Waals surface area contributed by atoms with Gasteiger partial charge < -0.3 is 0 Å². The third kappa shape index (κ3) is 3.58. The van der Waals surface area contributed by atoms with Gasteiger partial charge in [0, 0.05) is 43.9 Å². The van der Waals surface area contributed by atoms with Crippen molar-refractivity contribution in [3.05, 3.63) is 70.9 Å². The molecule has 0 fully saturated rings. The molecule has 0 aromatic carbocycles.